The van der Waals surface area contributed by atoms with Crippen molar-refractivity contribution in [2.75, 3.05) is 26.4 Å². The van der Waals surface area contributed by atoms with E-state index >= 15 is 0 Å². The van der Waals surface area contributed by atoms with Gasteiger partial charge in [-0.1, -0.05) is 30.3 Å². The molecular formula is C30H39NO7. The van der Waals surface area contributed by atoms with Gasteiger partial charge in [-0.2, -0.15) is 5.06 Å². The summed E-state index contributed by atoms with van der Waals surface area (Å²) in [6, 6.07) is 17.0. The lowest BCUT2D eigenvalue weighted by atomic mass is 9.78. The van der Waals surface area contributed by atoms with E-state index in [1.807, 2.05) is 42.5 Å². The highest BCUT2D eigenvalue weighted by atomic mass is 16.8. The Balaban J connectivity index is 1.18. The number of nitrogens with zero attached hydrogens (tertiary/aromatic N) is 1. The van der Waals surface area contributed by atoms with E-state index in [0.29, 0.717) is 31.6 Å². The fourth-order valence-electron chi connectivity index (χ4n) is 5.75. The summed E-state index contributed by atoms with van der Waals surface area (Å²) >= 11 is 0. The lowest BCUT2D eigenvalue weighted by Crippen LogP contribution is -2.65. The summed E-state index contributed by atoms with van der Waals surface area (Å²) < 4.78 is 29.2. The molecular weight excluding hydrogens is 486 g/mol. The molecule has 0 saturated carbocycles. The topological polar surface area (TPSA) is 79.0 Å². The molecule has 0 bridgehead atoms. The summed E-state index contributed by atoms with van der Waals surface area (Å²) in [5.41, 5.74) is 0.844. The number of hydrogen-bond acceptors (Lipinski definition) is 8. The van der Waals surface area contributed by atoms with Gasteiger partial charge in [0.1, 0.15) is 37.3 Å². The zero-order valence-corrected chi connectivity index (χ0v) is 23.0. The largest absolute Gasteiger partial charge is 0.491 e. The molecule has 0 N–H and O–H groups in total. The molecule has 8 heteroatoms. The van der Waals surface area contributed by atoms with E-state index < -0.39 is 5.79 Å². The Labute approximate surface area is 225 Å². The number of benzene rings is 2. The zero-order valence-electron chi connectivity index (χ0n) is 23.0. The van der Waals surface area contributed by atoms with Crippen LogP contribution in [0, 0.1) is 0 Å². The Morgan fingerprint density at radius 2 is 1.61 bits per heavy atom. The number of hydroxylamine groups is 2. The molecule has 3 heterocycles. The fourth-order valence-corrected chi connectivity index (χ4v) is 5.75. The van der Waals surface area contributed by atoms with Gasteiger partial charge in [-0.15, -0.1) is 0 Å². The molecule has 3 saturated heterocycles. The van der Waals surface area contributed by atoms with Crippen molar-refractivity contribution in [3.8, 4) is 5.75 Å². The van der Waals surface area contributed by atoms with Crippen LogP contribution in [0.3, 0.4) is 0 Å². The average Bonchev–Trinajstić information content (AvgIpc) is 3.64. The minimum absolute atomic E-state index is 0.154. The maximum absolute atomic E-state index is 12.4. The quantitative estimate of drug-likeness (QED) is 0.331. The van der Waals surface area contributed by atoms with Crippen molar-refractivity contribution in [3.63, 3.8) is 0 Å². The molecule has 3 aliphatic heterocycles. The van der Waals surface area contributed by atoms with Gasteiger partial charge in [0.25, 0.3) is 0 Å². The van der Waals surface area contributed by atoms with Crippen LogP contribution in [0.15, 0.2) is 54.6 Å². The van der Waals surface area contributed by atoms with Gasteiger partial charge >= 0.3 is 5.97 Å². The van der Waals surface area contributed by atoms with Crippen LogP contribution < -0.4 is 4.74 Å². The number of ether oxygens (including phenoxy) is 5. The van der Waals surface area contributed by atoms with Gasteiger partial charge in [-0.25, -0.2) is 4.79 Å². The van der Waals surface area contributed by atoms with Crippen LogP contribution in [0.4, 0.5) is 0 Å². The van der Waals surface area contributed by atoms with Crippen LogP contribution in [-0.4, -0.2) is 66.5 Å². The van der Waals surface area contributed by atoms with Crippen molar-refractivity contribution in [3.05, 3.63) is 65.7 Å². The minimum Gasteiger partial charge on any atom is -0.491 e. The summed E-state index contributed by atoms with van der Waals surface area (Å²) in [7, 11) is 0. The van der Waals surface area contributed by atoms with E-state index in [0.717, 1.165) is 17.9 Å². The van der Waals surface area contributed by atoms with Crippen molar-refractivity contribution in [1.29, 1.82) is 0 Å². The molecule has 206 valence electrons. The standard InChI is InChI=1S/C30H39NO7/c1-21(22-11-13-24(14-12-22)33-15-25-16-34-25)38-31-28(2,3)19-30(20-29(31,4)5)36-18-26(37-30)17-35-27(32)23-9-7-6-8-10-23/h6-14,21,25-26H,15-20H2,1-5H3. The molecule has 38 heavy (non-hydrogen) atoms. The first-order chi connectivity index (χ1) is 18.1. The monoisotopic (exact) mass is 525 g/mol. The van der Waals surface area contributed by atoms with Crippen molar-refractivity contribution in [1.82, 2.24) is 5.06 Å². The van der Waals surface area contributed by atoms with E-state index in [2.05, 4.69) is 39.7 Å². The third-order valence-corrected chi connectivity index (χ3v) is 7.28. The first-order valence-corrected chi connectivity index (χ1v) is 13.4. The predicted octanol–water partition coefficient (Wildman–Crippen LogP) is 5.08. The summed E-state index contributed by atoms with van der Waals surface area (Å²) in [6.07, 6.45) is 1.01. The minimum atomic E-state index is -0.760. The molecule has 0 radical (unpaired) electrons. The first-order valence-electron chi connectivity index (χ1n) is 13.4. The van der Waals surface area contributed by atoms with E-state index in [-0.39, 0.29) is 42.0 Å². The molecule has 3 fully saturated rings. The molecule has 1 spiro atoms. The van der Waals surface area contributed by atoms with Gasteiger partial charge < -0.3 is 23.7 Å². The predicted molar refractivity (Wildman–Crippen MR) is 141 cm³/mol. The second-order valence-electron chi connectivity index (χ2n) is 11.8. The lowest BCUT2D eigenvalue weighted by molar-refractivity contribution is -0.351. The van der Waals surface area contributed by atoms with Crippen LogP contribution in [0.2, 0.25) is 0 Å². The fraction of sp³-hybridized carbons (Fsp3) is 0.567. The normalized spacial score (nSPS) is 26.1. The summed E-state index contributed by atoms with van der Waals surface area (Å²) in [4.78, 5) is 19.0. The van der Waals surface area contributed by atoms with Crippen LogP contribution in [0.1, 0.15) is 69.5 Å². The number of esters is 1. The van der Waals surface area contributed by atoms with Gasteiger partial charge in [0.2, 0.25) is 0 Å². The molecule has 0 aromatic heterocycles. The third-order valence-electron chi connectivity index (χ3n) is 7.28. The summed E-state index contributed by atoms with van der Waals surface area (Å²) in [5.74, 6) is -0.287. The van der Waals surface area contributed by atoms with E-state index in [9.17, 15) is 4.79 Å². The zero-order chi connectivity index (χ0) is 27.0. The number of hydrogen-bond donors (Lipinski definition) is 0. The Hall–Kier alpha value is -2.49. The third kappa shape index (κ3) is 6.21. The number of piperidine rings is 1. The summed E-state index contributed by atoms with van der Waals surface area (Å²) in [5, 5.41) is 2.10. The molecule has 3 unspecified atom stereocenters. The van der Waals surface area contributed by atoms with Gasteiger partial charge in [0.05, 0.1) is 18.8 Å². The molecule has 5 rings (SSSR count). The van der Waals surface area contributed by atoms with E-state index in [4.69, 9.17) is 28.5 Å². The number of carbonyl (C=O) groups excluding carboxylic acids is 1. The average molecular weight is 526 g/mol. The van der Waals surface area contributed by atoms with Crippen LogP contribution >= 0.6 is 0 Å². The van der Waals surface area contributed by atoms with E-state index in [1.165, 1.54) is 0 Å². The molecule has 0 amide bonds. The SMILES string of the molecule is CC(ON1C(C)(C)CC2(CC1(C)C)OCC(COC(=O)c1ccccc1)O2)c1ccc(OCC2CO2)cc1. The Morgan fingerprint density at radius 3 is 2.24 bits per heavy atom. The smallest absolute Gasteiger partial charge is 0.338 e. The Bertz CT molecular complexity index is 1080. The second kappa shape index (κ2) is 10.6. The maximum Gasteiger partial charge on any atom is 0.338 e. The van der Waals surface area contributed by atoms with Crippen LogP contribution in [-0.2, 0) is 23.8 Å². The number of rotatable bonds is 9. The van der Waals surface area contributed by atoms with Gasteiger partial charge in [-0.3, -0.25) is 4.84 Å². The van der Waals surface area contributed by atoms with Crippen molar-refractivity contribution >= 4 is 5.97 Å². The van der Waals surface area contributed by atoms with Crippen molar-refractivity contribution in [2.24, 2.45) is 0 Å². The van der Waals surface area contributed by atoms with E-state index in [1.54, 1.807) is 12.1 Å². The van der Waals surface area contributed by atoms with Crippen LogP contribution in [0.5, 0.6) is 5.75 Å². The molecule has 8 nitrogen and oxygen atoms in total. The maximum atomic E-state index is 12.4. The first kappa shape index (κ1) is 27.1. The van der Waals surface area contributed by atoms with Gasteiger partial charge in [-0.05, 0) is 64.4 Å². The molecule has 2 aromatic carbocycles. The number of epoxide rings is 1. The second-order valence-corrected chi connectivity index (χ2v) is 11.8. The van der Waals surface area contributed by atoms with Crippen molar-refractivity contribution in [2.45, 2.75) is 82.6 Å². The highest BCUT2D eigenvalue weighted by Crippen LogP contribution is 2.49. The van der Waals surface area contributed by atoms with Gasteiger partial charge in [0, 0.05) is 23.9 Å². The molecule has 3 atom stereocenters. The number of carbonyl (C=O) groups is 1. The van der Waals surface area contributed by atoms with Crippen LogP contribution in [0.25, 0.3) is 0 Å². The molecule has 0 aliphatic carbocycles. The summed E-state index contributed by atoms with van der Waals surface area (Å²) in [6.45, 7) is 12.6. The molecule has 2 aromatic rings. The Morgan fingerprint density at radius 1 is 0.947 bits per heavy atom. The van der Waals surface area contributed by atoms with Gasteiger partial charge in [0.15, 0.2) is 5.79 Å². The Kier molecular flexibility index (Phi) is 7.55. The molecule has 3 aliphatic rings. The highest BCUT2D eigenvalue weighted by Gasteiger charge is 2.58. The highest BCUT2D eigenvalue weighted by molar-refractivity contribution is 5.89. The van der Waals surface area contributed by atoms with Crippen molar-refractivity contribution < 1.29 is 33.3 Å². The lowest BCUT2D eigenvalue weighted by Gasteiger charge is -2.56.